The zero-order chi connectivity index (χ0) is 15.7. The van der Waals surface area contributed by atoms with Crippen LogP contribution in [-0.4, -0.2) is 14.5 Å². The van der Waals surface area contributed by atoms with Crippen LogP contribution in [0.4, 0.5) is 15.8 Å². The number of aryl methyl sites for hydroxylation is 1. The van der Waals surface area contributed by atoms with Crippen LogP contribution in [0.25, 0.3) is 22.6 Å². The first kappa shape index (κ1) is 14.0. The van der Waals surface area contributed by atoms with Gasteiger partial charge in [0.15, 0.2) is 0 Å². The summed E-state index contributed by atoms with van der Waals surface area (Å²) in [5, 5.41) is 0. The van der Waals surface area contributed by atoms with Gasteiger partial charge in [-0.25, -0.2) is 9.37 Å². The second kappa shape index (κ2) is 5.45. The number of hydrazine groups is 1. The van der Waals surface area contributed by atoms with Gasteiger partial charge in [0.2, 0.25) is 0 Å². The number of pyridine rings is 1. The molecule has 3 rings (SSSR count). The fourth-order valence-electron chi connectivity index (χ4n) is 2.29. The Kier molecular flexibility index (Phi) is 3.48. The molecule has 7 heteroatoms. The number of nitrogens with zero attached hydrogens (tertiary/aromatic N) is 3. The maximum absolute atomic E-state index is 13.1. The molecule has 0 saturated carbocycles. The molecule has 1 aromatic carbocycles. The number of benzene rings is 1. The van der Waals surface area contributed by atoms with Gasteiger partial charge in [0.1, 0.15) is 11.5 Å². The quantitative estimate of drug-likeness (QED) is 0.509. The zero-order valence-electron chi connectivity index (χ0n) is 11.9. The molecule has 6 nitrogen and oxygen atoms in total. The third-order valence-corrected chi connectivity index (χ3v) is 3.39. The minimum Gasteiger partial charge on any atom is -0.396 e. The predicted octanol–water partition coefficient (Wildman–Crippen LogP) is 2.16. The van der Waals surface area contributed by atoms with E-state index >= 15 is 0 Å². The molecule has 0 fully saturated rings. The van der Waals surface area contributed by atoms with Gasteiger partial charge in [-0.05, 0) is 30.3 Å². The molecule has 0 amide bonds. The van der Waals surface area contributed by atoms with E-state index in [1.807, 2.05) is 11.6 Å². The summed E-state index contributed by atoms with van der Waals surface area (Å²) >= 11 is 0. The van der Waals surface area contributed by atoms with Crippen LogP contribution in [0.3, 0.4) is 0 Å². The second-order valence-electron chi connectivity index (χ2n) is 4.86. The van der Waals surface area contributed by atoms with Gasteiger partial charge in [-0.2, -0.15) is 0 Å². The molecule has 0 bridgehead atoms. The van der Waals surface area contributed by atoms with E-state index in [9.17, 15) is 4.39 Å². The molecule has 22 heavy (non-hydrogen) atoms. The molecule has 0 unspecified atom stereocenters. The van der Waals surface area contributed by atoms with E-state index in [1.165, 1.54) is 18.3 Å². The predicted molar refractivity (Wildman–Crippen MR) is 84.1 cm³/mol. The molecular formula is C15H15FN6. The minimum atomic E-state index is -0.285. The van der Waals surface area contributed by atoms with Gasteiger partial charge < -0.3 is 15.7 Å². The fourth-order valence-corrected chi connectivity index (χ4v) is 2.29. The number of nitrogen functional groups attached to an aromatic ring is 2. The Morgan fingerprint density at radius 3 is 2.59 bits per heavy atom. The standard InChI is InChI=1S/C15H15FN6/c1-22-8-20-14(13-6-12(21-18)11(17)7-19-13)15(22)9-2-4-10(16)5-3-9/h2-8H,17-18H2,1H3,(H,19,21). The first-order valence-corrected chi connectivity index (χ1v) is 6.60. The molecule has 0 aliphatic rings. The Hall–Kier alpha value is -2.93. The van der Waals surface area contributed by atoms with Crippen molar-refractivity contribution in [1.29, 1.82) is 0 Å². The first-order chi connectivity index (χ1) is 10.6. The van der Waals surface area contributed by atoms with E-state index in [0.29, 0.717) is 22.8 Å². The molecule has 112 valence electrons. The third kappa shape index (κ3) is 2.38. The van der Waals surface area contributed by atoms with Crippen molar-refractivity contribution in [3.63, 3.8) is 0 Å². The molecule has 0 aliphatic carbocycles. The average molecular weight is 298 g/mol. The molecule has 2 aromatic heterocycles. The van der Waals surface area contributed by atoms with Crippen molar-refractivity contribution in [2.75, 3.05) is 11.2 Å². The van der Waals surface area contributed by atoms with Crippen molar-refractivity contribution in [2.24, 2.45) is 12.9 Å². The summed E-state index contributed by atoms with van der Waals surface area (Å²) in [7, 11) is 1.87. The summed E-state index contributed by atoms with van der Waals surface area (Å²) in [5.74, 6) is 5.16. The van der Waals surface area contributed by atoms with Crippen LogP contribution in [-0.2, 0) is 7.05 Å². The van der Waals surface area contributed by atoms with Gasteiger partial charge in [-0.3, -0.25) is 10.8 Å². The summed E-state index contributed by atoms with van der Waals surface area (Å²) in [6.45, 7) is 0. The highest BCUT2D eigenvalue weighted by molar-refractivity contribution is 5.80. The lowest BCUT2D eigenvalue weighted by molar-refractivity contribution is 0.628. The number of hydrogen-bond acceptors (Lipinski definition) is 5. The lowest BCUT2D eigenvalue weighted by Crippen LogP contribution is -2.09. The van der Waals surface area contributed by atoms with Gasteiger partial charge in [0, 0.05) is 12.6 Å². The highest BCUT2D eigenvalue weighted by Gasteiger charge is 2.15. The molecule has 2 heterocycles. The highest BCUT2D eigenvalue weighted by atomic mass is 19.1. The van der Waals surface area contributed by atoms with Crippen LogP contribution in [0.15, 0.2) is 42.9 Å². The van der Waals surface area contributed by atoms with E-state index in [1.54, 1.807) is 24.5 Å². The van der Waals surface area contributed by atoms with Gasteiger partial charge in [-0.1, -0.05) is 0 Å². The van der Waals surface area contributed by atoms with Crippen molar-refractivity contribution >= 4 is 11.4 Å². The number of nitrogens with two attached hydrogens (primary N) is 2. The molecule has 0 aliphatic heterocycles. The molecule has 3 aromatic rings. The third-order valence-electron chi connectivity index (χ3n) is 3.39. The number of nitrogens with one attached hydrogen (secondary N) is 1. The first-order valence-electron chi connectivity index (χ1n) is 6.60. The largest absolute Gasteiger partial charge is 0.396 e. The second-order valence-corrected chi connectivity index (χ2v) is 4.86. The number of halogens is 1. The Morgan fingerprint density at radius 1 is 1.18 bits per heavy atom. The SMILES string of the molecule is Cn1cnc(-c2cc(NN)c(N)cn2)c1-c1ccc(F)cc1. The molecule has 5 N–H and O–H groups in total. The summed E-state index contributed by atoms with van der Waals surface area (Å²) in [6, 6.07) is 7.96. The highest BCUT2D eigenvalue weighted by Crippen LogP contribution is 2.31. The van der Waals surface area contributed by atoms with Crippen molar-refractivity contribution in [1.82, 2.24) is 14.5 Å². The number of anilines is 2. The van der Waals surface area contributed by atoms with Crippen LogP contribution >= 0.6 is 0 Å². The van der Waals surface area contributed by atoms with E-state index in [-0.39, 0.29) is 5.82 Å². The van der Waals surface area contributed by atoms with E-state index in [2.05, 4.69) is 15.4 Å². The van der Waals surface area contributed by atoms with Gasteiger partial charge >= 0.3 is 0 Å². The molecule has 0 spiro atoms. The van der Waals surface area contributed by atoms with Crippen LogP contribution in [0.1, 0.15) is 0 Å². The van der Waals surface area contributed by atoms with Crippen molar-refractivity contribution in [3.05, 3.63) is 48.7 Å². The Bertz CT molecular complexity index is 809. The van der Waals surface area contributed by atoms with Crippen molar-refractivity contribution in [3.8, 4) is 22.6 Å². The Labute approximate surface area is 126 Å². The maximum Gasteiger partial charge on any atom is 0.123 e. The lowest BCUT2D eigenvalue weighted by atomic mass is 10.1. The fraction of sp³-hybridized carbons (Fsp3) is 0.0667. The van der Waals surface area contributed by atoms with Gasteiger partial charge in [0.05, 0.1) is 35.3 Å². The normalized spacial score (nSPS) is 10.7. The number of rotatable bonds is 3. The van der Waals surface area contributed by atoms with E-state index < -0.39 is 0 Å². The number of aromatic nitrogens is 3. The average Bonchev–Trinajstić information content (AvgIpc) is 2.90. The number of imidazole rings is 1. The smallest absolute Gasteiger partial charge is 0.123 e. The monoisotopic (exact) mass is 298 g/mol. The summed E-state index contributed by atoms with van der Waals surface area (Å²) in [6.07, 6.45) is 3.20. The van der Waals surface area contributed by atoms with Crippen LogP contribution in [0.2, 0.25) is 0 Å². The van der Waals surface area contributed by atoms with Crippen molar-refractivity contribution in [2.45, 2.75) is 0 Å². The van der Waals surface area contributed by atoms with Crippen LogP contribution in [0.5, 0.6) is 0 Å². The summed E-state index contributed by atoms with van der Waals surface area (Å²) in [5.41, 5.74) is 12.3. The molecule has 0 atom stereocenters. The Balaban J connectivity index is 2.15. The number of hydrogen-bond donors (Lipinski definition) is 3. The maximum atomic E-state index is 13.1. The van der Waals surface area contributed by atoms with Crippen LogP contribution < -0.4 is 17.0 Å². The Morgan fingerprint density at radius 2 is 1.91 bits per heavy atom. The zero-order valence-corrected chi connectivity index (χ0v) is 11.9. The van der Waals surface area contributed by atoms with E-state index in [0.717, 1.165) is 11.3 Å². The lowest BCUT2D eigenvalue weighted by Gasteiger charge is -2.09. The summed E-state index contributed by atoms with van der Waals surface area (Å²) in [4.78, 5) is 8.69. The summed E-state index contributed by atoms with van der Waals surface area (Å²) < 4.78 is 15.0. The molecule has 0 radical (unpaired) electrons. The molecular weight excluding hydrogens is 283 g/mol. The van der Waals surface area contributed by atoms with Crippen molar-refractivity contribution < 1.29 is 4.39 Å². The topological polar surface area (TPSA) is 94.8 Å². The minimum absolute atomic E-state index is 0.285. The van der Waals surface area contributed by atoms with Gasteiger partial charge in [0.25, 0.3) is 0 Å². The van der Waals surface area contributed by atoms with E-state index in [4.69, 9.17) is 11.6 Å². The van der Waals surface area contributed by atoms with Gasteiger partial charge in [-0.15, -0.1) is 0 Å². The van der Waals surface area contributed by atoms with Crippen LogP contribution in [0, 0.1) is 5.82 Å². The molecule has 0 saturated heterocycles.